The van der Waals surface area contributed by atoms with Gasteiger partial charge in [0.1, 0.15) is 17.8 Å². The van der Waals surface area contributed by atoms with Crippen LogP contribution in [0.4, 0.5) is 5.82 Å². The Labute approximate surface area is 76.6 Å². The van der Waals surface area contributed by atoms with Crippen molar-refractivity contribution in [2.75, 3.05) is 12.4 Å². The largest absolute Gasteiger partial charge is 0.372 e. The number of nitrogens with one attached hydrogen (secondary N) is 1. The highest BCUT2D eigenvalue weighted by Gasteiger charge is 2.04. The maximum Gasteiger partial charge on any atom is 0.145 e. The van der Waals surface area contributed by atoms with Crippen molar-refractivity contribution >= 4 is 16.9 Å². The third kappa shape index (κ3) is 1.14. The Hall–Kier alpha value is -1.58. The fraction of sp³-hybridized carbons (Fsp3) is 0.333. The molecule has 0 fully saturated rings. The Bertz CT molecular complexity index is 418. The van der Waals surface area contributed by atoms with Crippen molar-refractivity contribution < 1.29 is 0 Å². The van der Waals surface area contributed by atoms with Crippen LogP contribution >= 0.6 is 0 Å². The molecule has 2 heterocycles. The molecule has 2 aromatic rings. The van der Waals surface area contributed by atoms with Gasteiger partial charge in [-0.1, -0.05) is 0 Å². The molecule has 0 amide bonds. The summed E-state index contributed by atoms with van der Waals surface area (Å²) < 4.78 is 2.10. The lowest BCUT2D eigenvalue weighted by Crippen LogP contribution is -1.97. The zero-order chi connectivity index (χ0) is 9.26. The summed E-state index contributed by atoms with van der Waals surface area (Å²) in [5, 5.41) is 4.12. The Morgan fingerprint density at radius 3 is 3.00 bits per heavy atom. The van der Waals surface area contributed by atoms with Crippen LogP contribution in [0.1, 0.15) is 6.92 Å². The van der Waals surface area contributed by atoms with Gasteiger partial charge in [0.25, 0.3) is 0 Å². The molecule has 0 aliphatic heterocycles. The van der Waals surface area contributed by atoms with Gasteiger partial charge in [-0.05, 0) is 13.0 Å². The molecule has 4 heteroatoms. The Morgan fingerprint density at radius 2 is 2.31 bits per heavy atom. The fourth-order valence-corrected chi connectivity index (χ4v) is 1.46. The smallest absolute Gasteiger partial charge is 0.145 e. The van der Waals surface area contributed by atoms with Crippen LogP contribution in [0.15, 0.2) is 18.6 Å². The van der Waals surface area contributed by atoms with Gasteiger partial charge in [0.2, 0.25) is 0 Å². The van der Waals surface area contributed by atoms with Gasteiger partial charge in [-0.25, -0.2) is 9.97 Å². The lowest BCUT2D eigenvalue weighted by molar-refractivity contribution is 0.786. The summed E-state index contributed by atoms with van der Waals surface area (Å²) in [6.07, 6.45) is 3.61. The first-order chi connectivity index (χ1) is 6.36. The lowest BCUT2D eigenvalue weighted by atomic mass is 10.4. The van der Waals surface area contributed by atoms with Gasteiger partial charge in [-0.2, -0.15) is 0 Å². The fourth-order valence-electron chi connectivity index (χ4n) is 1.46. The van der Waals surface area contributed by atoms with Gasteiger partial charge >= 0.3 is 0 Å². The number of hydrogen-bond acceptors (Lipinski definition) is 3. The summed E-state index contributed by atoms with van der Waals surface area (Å²) in [7, 11) is 1.87. The van der Waals surface area contributed by atoms with Gasteiger partial charge < -0.3 is 9.88 Å². The molecule has 4 nitrogen and oxygen atoms in total. The van der Waals surface area contributed by atoms with Gasteiger partial charge in [-0.3, -0.25) is 0 Å². The van der Waals surface area contributed by atoms with Crippen LogP contribution < -0.4 is 5.32 Å². The van der Waals surface area contributed by atoms with Crippen LogP contribution in [0.2, 0.25) is 0 Å². The molecule has 0 bridgehead atoms. The first-order valence-corrected chi connectivity index (χ1v) is 4.34. The predicted molar refractivity (Wildman–Crippen MR) is 52.7 cm³/mol. The molecule has 2 rings (SSSR count). The zero-order valence-electron chi connectivity index (χ0n) is 7.78. The second-order valence-electron chi connectivity index (χ2n) is 2.81. The first-order valence-electron chi connectivity index (χ1n) is 4.34. The van der Waals surface area contributed by atoms with Crippen LogP contribution in [-0.2, 0) is 6.54 Å². The van der Waals surface area contributed by atoms with Crippen molar-refractivity contribution in [1.82, 2.24) is 14.5 Å². The van der Waals surface area contributed by atoms with Gasteiger partial charge in [0.15, 0.2) is 0 Å². The Morgan fingerprint density at radius 1 is 1.46 bits per heavy atom. The quantitative estimate of drug-likeness (QED) is 0.753. The summed E-state index contributed by atoms with van der Waals surface area (Å²) in [6, 6.07) is 2.03. The maximum atomic E-state index is 4.23. The van der Waals surface area contributed by atoms with E-state index in [4.69, 9.17) is 0 Å². The normalized spacial score (nSPS) is 10.6. The van der Waals surface area contributed by atoms with Crippen LogP contribution in [0.3, 0.4) is 0 Å². The molecule has 68 valence electrons. The highest BCUT2D eigenvalue weighted by atomic mass is 15.1. The molecule has 13 heavy (non-hydrogen) atoms. The molecule has 0 unspecified atom stereocenters. The van der Waals surface area contributed by atoms with E-state index in [1.54, 1.807) is 6.33 Å². The highest BCUT2D eigenvalue weighted by molar-refractivity contribution is 5.87. The standard InChI is InChI=1S/C9H12N4/c1-3-13-5-4-7-8(10-2)11-6-12-9(7)13/h4-6H,3H2,1-2H3,(H,10,11,12). The van der Waals surface area contributed by atoms with Gasteiger partial charge in [0.05, 0.1) is 5.39 Å². The van der Waals surface area contributed by atoms with Crippen molar-refractivity contribution in [3.8, 4) is 0 Å². The third-order valence-corrected chi connectivity index (χ3v) is 2.13. The van der Waals surface area contributed by atoms with Crippen LogP contribution in [-0.4, -0.2) is 21.6 Å². The average Bonchev–Trinajstić information content (AvgIpc) is 2.60. The molecule has 0 radical (unpaired) electrons. The number of anilines is 1. The Kier molecular flexibility index (Phi) is 1.88. The van der Waals surface area contributed by atoms with E-state index >= 15 is 0 Å². The third-order valence-electron chi connectivity index (χ3n) is 2.13. The van der Waals surface area contributed by atoms with E-state index in [1.807, 2.05) is 19.3 Å². The second kappa shape index (κ2) is 3.05. The summed E-state index contributed by atoms with van der Waals surface area (Å²) >= 11 is 0. The van der Waals surface area contributed by atoms with E-state index in [1.165, 1.54) is 0 Å². The molecule has 2 aromatic heterocycles. The van der Waals surface area contributed by atoms with Gasteiger partial charge in [0, 0.05) is 19.8 Å². The summed E-state index contributed by atoms with van der Waals surface area (Å²) in [5.74, 6) is 0.886. The summed E-state index contributed by atoms with van der Waals surface area (Å²) in [6.45, 7) is 3.03. The minimum absolute atomic E-state index is 0.886. The number of aromatic nitrogens is 3. The minimum atomic E-state index is 0.886. The zero-order valence-corrected chi connectivity index (χ0v) is 7.78. The van der Waals surface area contributed by atoms with Crippen LogP contribution in [0, 0.1) is 0 Å². The maximum absolute atomic E-state index is 4.23. The topological polar surface area (TPSA) is 42.7 Å². The van der Waals surface area contributed by atoms with E-state index in [9.17, 15) is 0 Å². The van der Waals surface area contributed by atoms with Crippen LogP contribution in [0.5, 0.6) is 0 Å². The lowest BCUT2D eigenvalue weighted by Gasteiger charge is -2.01. The summed E-state index contributed by atoms with van der Waals surface area (Å²) in [4.78, 5) is 8.37. The number of hydrogen-bond donors (Lipinski definition) is 1. The van der Waals surface area contributed by atoms with Crippen molar-refractivity contribution in [3.63, 3.8) is 0 Å². The molecular weight excluding hydrogens is 164 g/mol. The van der Waals surface area contributed by atoms with Crippen molar-refractivity contribution in [1.29, 1.82) is 0 Å². The van der Waals surface area contributed by atoms with E-state index < -0.39 is 0 Å². The average molecular weight is 176 g/mol. The number of fused-ring (bicyclic) bond motifs is 1. The summed E-state index contributed by atoms with van der Waals surface area (Å²) in [5.41, 5.74) is 0.988. The molecule has 1 N–H and O–H groups in total. The molecular formula is C9H12N4. The van der Waals surface area contributed by atoms with Crippen molar-refractivity contribution in [3.05, 3.63) is 18.6 Å². The van der Waals surface area contributed by atoms with E-state index in [0.717, 1.165) is 23.4 Å². The van der Waals surface area contributed by atoms with Crippen molar-refractivity contribution in [2.24, 2.45) is 0 Å². The molecule has 0 aliphatic rings. The first kappa shape index (κ1) is 8.04. The predicted octanol–water partition coefficient (Wildman–Crippen LogP) is 1.49. The van der Waals surface area contributed by atoms with E-state index in [2.05, 4.69) is 26.8 Å². The second-order valence-corrected chi connectivity index (χ2v) is 2.81. The minimum Gasteiger partial charge on any atom is -0.372 e. The molecule has 0 atom stereocenters. The SMILES string of the molecule is CCn1ccc2c(NC)ncnc21. The Balaban J connectivity index is 2.72. The van der Waals surface area contributed by atoms with Gasteiger partial charge in [-0.15, -0.1) is 0 Å². The molecule has 0 aromatic carbocycles. The van der Waals surface area contributed by atoms with Crippen molar-refractivity contribution in [2.45, 2.75) is 13.5 Å². The van der Waals surface area contributed by atoms with E-state index in [0.29, 0.717) is 0 Å². The van der Waals surface area contributed by atoms with Crippen LogP contribution in [0.25, 0.3) is 11.0 Å². The highest BCUT2D eigenvalue weighted by Crippen LogP contribution is 2.19. The number of nitrogens with zero attached hydrogens (tertiary/aromatic N) is 3. The number of aryl methyl sites for hydroxylation is 1. The van der Waals surface area contributed by atoms with E-state index in [-0.39, 0.29) is 0 Å². The monoisotopic (exact) mass is 176 g/mol. The number of rotatable bonds is 2. The molecule has 0 saturated heterocycles. The molecule has 0 aliphatic carbocycles. The molecule has 0 spiro atoms. The molecule has 0 saturated carbocycles.